The lowest BCUT2D eigenvalue weighted by Gasteiger charge is -2.47. The van der Waals surface area contributed by atoms with Crippen molar-refractivity contribution in [2.24, 2.45) is 35.5 Å². The SMILES string of the molecule is CCO[Si](OCC)(OCC)C1CCC2C(C1)C1CC2C2C1CC1OC12. The van der Waals surface area contributed by atoms with E-state index < -0.39 is 8.80 Å². The quantitative estimate of drug-likeness (QED) is 0.506. The topological polar surface area (TPSA) is 40.2 Å². The molecule has 1 saturated heterocycles. The highest BCUT2D eigenvalue weighted by Gasteiger charge is 2.70. The molecule has 4 saturated carbocycles. The number of hydrogen-bond donors (Lipinski definition) is 0. The van der Waals surface area contributed by atoms with Crippen LogP contribution in [0.1, 0.15) is 52.9 Å². The van der Waals surface area contributed by atoms with Gasteiger partial charge >= 0.3 is 8.80 Å². The van der Waals surface area contributed by atoms with Crippen LogP contribution in [-0.2, 0) is 18.0 Å². The van der Waals surface area contributed by atoms with Gasteiger partial charge in [-0.25, -0.2) is 0 Å². The van der Waals surface area contributed by atoms with Gasteiger partial charge in [-0.3, -0.25) is 0 Å². The van der Waals surface area contributed by atoms with Gasteiger partial charge < -0.3 is 18.0 Å². The van der Waals surface area contributed by atoms with E-state index in [2.05, 4.69) is 20.8 Å². The second-order valence-corrected chi connectivity index (χ2v) is 11.8. The van der Waals surface area contributed by atoms with Crippen molar-refractivity contribution < 1.29 is 18.0 Å². The molecule has 9 atom stereocenters. The Balaban J connectivity index is 1.35. The minimum Gasteiger partial charge on any atom is -0.374 e. The van der Waals surface area contributed by atoms with Crippen LogP contribution in [0.15, 0.2) is 0 Å². The molecule has 0 N–H and O–H groups in total. The summed E-state index contributed by atoms with van der Waals surface area (Å²) in [5, 5.41) is 0. The van der Waals surface area contributed by atoms with Gasteiger partial charge in [0.15, 0.2) is 0 Å². The number of rotatable bonds is 7. The Morgan fingerprint density at radius 1 is 0.760 bits per heavy atom. The molecular formula is C20H34O4Si. The molecule has 0 aromatic heterocycles. The van der Waals surface area contributed by atoms with E-state index in [1.165, 1.54) is 32.1 Å². The van der Waals surface area contributed by atoms with Crippen LogP contribution in [0.5, 0.6) is 0 Å². The maximum absolute atomic E-state index is 6.26. The summed E-state index contributed by atoms with van der Waals surface area (Å²) in [7, 11) is -2.55. The number of ether oxygens (including phenoxy) is 1. The first kappa shape index (κ1) is 17.2. The molecule has 25 heavy (non-hydrogen) atoms. The summed E-state index contributed by atoms with van der Waals surface area (Å²) in [4.78, 5) is 0. The van der Waals surface area contributed by atoms with Crippen LogP contribution in [0, 0.1) is 35.5 Å². The Morgan fingerprint density at radius 3 is 2.08 bits per heavy atom. The predicted molar refractivity (Wildman–Crippen MR) is 97.1 cm³/mol. The molecule has 1 heterocycles. The van der Waals surface area contributed by atoms with E-state index in [-0.39, 0.29) is 0 Å². The molecular weight excluding hydrogens is 332 g/mol. The van der Waals surface area contributed by atoms with Crippen molar-refractivity contribution in [2.45, 2.75) is 70.6 Å². The van der Waals surface area contributed by atoms with Crippen LogP contribution in [-0.4, -0.2) is 40.8 Å². The van der Waals surface area contributed by atoms with Crippen molar-refractivity contribution >= 4 is 8.80 Å². The van der Waals surface area contributed by atoms with Crippen LogP contribution in [0.2, 0.25) is 5.54 Å². The summed E-state index contributed by atoms with van der Waals surface area (Å²) in [5.41, 5.74) is 0.513. The van der Waals surface area contributed by atoms with Gasteiger partial charge in [0.05, 0.1) is 12.2 Å². The van der Waals surface area contributed by atoms with Crippen molar-refractivity contribution in [3.8, 4) is 0 Å². The first-order chi connectivity index (χ1) is 12.2. The van der Waals surface area contributed by atoms with Crippen molar-refractivity contribution in [3.63, 3.8) is 0 Å². The summed E-state index contributed by atoms with van der Waals surface area (Å²) < 4.78 is 24.7. The molecule has 5 fully saturated rings. The monoisotopic (exact) mass is 366 g/mol. The van der Waals surface area contributed by atoms with Crippen molar-refractivity contribution in [2.75, 3.05) is 19.8 Å². The Kier molecular flexibility index (Phi) is 4.33. The molecule has 142 valence electrons. The van der Waals surface area contributed by atoms with Gasteiger partial charge in [-0.15, -0.1) is 0 Å². The van der Waals surface area contributed by atoms with Gasteiger partial charge in [-0.1, -0.05) is 0 Å². The zero-order valence-electron chi connectivity index (χ0n) is 16.0. The maximum Gasteiger partial charge on any atom is 0.504 e. The van der Waals surface area contributed by atoms with E-state index in [1.807, 2.05) is 0 Å². The standard InChI is InChI=1S/C20H34O4Si/c1-4-21-25(22-5-2,23-6-3)12-7-8-13-14(9-12)15-10-16(13)19-17(15)11-18-20(19)24-18/h12-20H,4-11H2,1-3H3. The highest BCUT2D eigenvalue weighted by molar-refractivity contribution is 6.62. The fraction of sp³-hybridized carbons (Fsp3) is 1.00. The van der Waals surface area contributed by atoms with Crippen molar-refractivity contribution in [3.05, 3.63) is 0 Å². The molecule has 4 aliphatic carbocycles. The second kappa shape index (κ2) is 6.30. The van der Waals surface area contributed by atoms with Crippen LogP contribution >= 0.6 is 0 Å². The van der Waals surface area contributed by atoms with Gasteiger partial charge in [0, 0.05) is 25.4 Å². The molecule has 5 aliphatic rings. The molecule has 1 aliphatic heterocycles. The summed E-state index contributed by atoms with van der Waals surface area (Å²) in [6.07, 6.45) is 8.02. The normalized spacial score (nSPS) is 49.8. The molecule has 0 spiro atoms. The molecule has 0 radical (unpaired) electrons. The van der Waals surface area contributed by atoms with Gasteiger partial charge in [0.25, 0.3) is 0 Å². The largest absolute Gasteiger partial charge is 0.504 e. The predicted octanol–water partition coefficient (Wildman–Crippen LogP) is 3.87. The van der Waals surface area contributed by atoms with Gasteiger partial charge in [-0.05, 0) is 88.4 Å². The Hall–Kier alpha value is 0.0569. The highest BCUT2D eigenvalue weighted by atomic mass is 28.4. The van der Waals surface area contributed by atoms with E-state index in [0.717, 1.165) is 35.5 Å². The number of fused-ring (bicyclic) bond motifs is 10. The fourth-order valence-corrected chi connectivity index (χ4v) is 10.9. The third-order valence-corrected chi connectivity index (χ3v) is 11.8. The van der Waals surface area contributed by atoms with Gasteiger partial charge in [0.2, 0.25) is 0 Å². The minimum absolute atomic E-state index is 0.513. The van der Waals surface area contributed by atoms with Crippen LogP contribution < -0.4 is 0 Å². The Labute approximate surface area is 153 Å². The van der Waals surface area contributed by atoms with Crippen LogP contribution in [0.25, 0.3) is 0 Å². The first-order valence-electron chi connectivity index (χ1n) is 10.8. The van der Waals surface area contributed by atoms with Gasteiger partial charge in [-0.2, -0.15) is 0 Å². The molecule has 0 aromatic rings. The van der Waals surface area contributed by atoms with E-state index in [9.17, 15) is 0 Å². The van der Waals surface area contributed by atoms with E-state index in [4.69, 9.17) is 18.0 Å². The molecule has 5 rings (SSSR count). The third-order valence-electron chi connectivity index (χ3n) is 8.18. The van der Waals surface area contributed by atoms with E-state index >= 15 is 0 Å². The highest BCUT2D eigenvalue weighted by Crippen LogP contribution is 2.71. The smallest absolute Gasteiger partial charge is 0.374 e. The number of epoxide rings is 1. The fourth-order valence-electron chi connectivity index (χ4n) is 7.63. The molecule has 0 amide bonds. The molecule has 5 heteroatoms. The van der Waals surface area contributed by atoms with E-state index in [0.29, 0.717) is 37.6 Å². The minimum atomic E-state index is -2.55. The second-order valence-electron chi connectivity index (χ2n) is 8.92. The molecule has 4 nitrogen and oxygen atoms in total. The van der Waals surface area contributed by atoms with Crippen molar-refractivity contribution in [1.29, 1.82) is 0 Å². The average Bonchev–Trinajstić information content (AvgIpc) is 2.98. The zero-order chi connectivity index (χ0) is 17.2. The lowest BCUT2D eigenvalue weighted by atomic mass is 9.64. The summed E-state index contributed by atoms with van der Waals surface area (Å²) in [5.74, 6) is 5.64. The van der Waals surface area contributed by atoms with E-state index in [1.54, 1.807) is 0 Å². The average molecular weight is 367 g/mol. The first-order valence-corrected chi connectivity index (χ1v) is 12.6. The Morgan fingerprint density at radius 2 is 1.40 bits per heavy atom. The third kappa shape index (κ3) is 2.45. The van der Waals surface area contributed by atoms with Crippen LogP contribution in [0.4, 0.5) is 0 Å². The number of hydrogen-bond acceptors (Lipinski definition) is 4. The molecule has 2 bridgehead atoms. The zero-order valence-corrected chi connectivity index (χ0v) is 17.0. The lowest BCUT2D eigenvalue weighted by molar-refractivity contribution is 0.0157. The van der Waals surface area contributed by atoms with Crippen LogP contribution in [0.3, 0.4) is 0 Å². The van der Waals surface area contributed by atoms with Crippen molar-refractivity contribution in [1.82, 2.24) is 0 Å². The summed E-state index contributed by atoms with van der Waals surface area (Å²) in [6, 6.07) is 0. The summed E-state index contributed by atoms with van der Waals surface area (Å²) >= 11 is 0. The lowest BCUT2D eigenvalue weighted by Crippen LogP contribution is -2.53. The Bertz CT molecular complexity index is 497. The molecule has 9 unspecified atom stereocenters. The molecule has 0 aromatic carbocycles. The summed E-state index contributed by atoms with van der Waals surface area (Å²) in [6.45, 7) is 8.35. The maximum atomic E-state index is 6.26. The van der Waals surface area contributed by atoms with Gasteiger partial charge in [0.1, 0.15) is 0 Å².